The van der Waals surface area contributed by atoms with Crippen LogP contribution in [0, 0.1) is 6.92 Å². The van der Waals surface area contributed by atoms with E-state index in [1.54, 1.807) is 31.2 Å². The van der Waals surface area contributed by atoms with Gasteiger partial charge in [0.05, 0.1) is 19.5 Å². The highest BCUT2D eigenvalue weighted by atomic mass is 31.2. The van der Waals surface area contributed by atoms with Crippen LogP contribution in [0.25, 0.3) is 21.9 Å². The van der Waals surface area contributed by atoms with E-state index < -0.39 is 51.0 Å². The molecule has 236 valence electrons. The second-order valence-corrected chi connectivity index (χ2v) is 12.3. The number of aliphatic hydroxyl groups excluding tert-OH is 1. The molecule has 3 heterocycles. The van der Waals surface area contributed by atoms with Crippen LogP contribution in [0.3, 0.4) is 0 Å². The number of fused-ring (bicyclic) bond motifs is 2. The van der Waals surface area contributed by atoms with E-state index >= 15 is 4.39 Å². The molecule has 1 aliphatic heterocycles. The Balaban J connectivity index is 1.35. The summed E-state index contributed by atoms with van der Waals surface area (Å²) in [5.41, 5.74) is 6.43. The first-order valence-corrected chi connectivity index (χ1v) is 15.9. The lowest BCUT2D eigenvalue weighted by atomic mass is 10.1. The summed E-state index contributed by atoms with van der Waals surface area (Å²) in [6.45, 7) is 4.80. The largest absolute Gasteiger partial charge is 0.465 e. The summed E-state index contributed by atoms with van der Waals surface area (Å²) in [5, 5.41) is 14.9. The number of carbonyl (C=O) groups is 1. The molecule has 0 saturated carbocycles. The molecule has 0 spiro atoms. The van der Waals surface area contributed by atoms with Crippen LogP contribution in [0.15, 0.2) is 48.8 Å². The molecular weight excluding hydrogens is 594 g/mol. The fraction of sp³-hybridized carbons (Fsp3) is 0.448. The number of rotatable bonds is 13. The first-order chi connectivity index (χ1) is 21.1. The van der Waals surface area contributed by atoms with Crippen LogP contribution in [0.2, 0.25) is 0 Å². The lowest BCUT2D eigenvalue weighted by Gasteiger charge is -2.25. The summed E-state index contributed by atoms with van der Waals surface area (Å²) in [4.78, 5) is 25.2. The van der Waals surface area contributed by atoms with Crippen molar-refractivity contribution >= 4 is 41.5 Å². The highest BCUT2D eigenvalue weighted by Gasteiger charge is 2.47. The Hall–Kier alpha value is -3.68. The molecule has 44 heavy (non-hydrogen) atoms. The van der Waals surface area contributed by atoms with Gasteiger partial charge in [0.15, 0.2) is 23.9 Å². The average Bonchev–Trinajstić information content (AvgIpc) is 3.54. The van der Waals surface area contributed by atoms with Crippen LogP contribution in [0.1, 0.15) is 45.2 Å². The van der Waals surface area contributed by atoms with Crippen molar-refractivity contribution in [2.75, 3.05) is 18.9 Å². The topological polar surface area (TPSA) is 173 Å². The van der Waals surface area contributed by atoms with E-state index in [0.717, 1.165) is 18.2 Å². The maximum absolute atomic E-state index is 15.4. The molecule has 0 amide bonds. The molecule has 6 atom stereocenters. The average molecular weight is 631 g/mol. The SMILES string of the molecule is CCCCCOC(=O)[C@H](C)NP(=O)(OC[C@H]1O[C@@H](n2cnc3c(N)nc(C)nc32)[C@H](F)C1O)Oc1cccc2ccccc12. The fourth-order valence-electron chi connectivity index (χ4n) is 4.91. The minimum Gasteiger partial charge on any atom is -0.465 e. The number of imidazole rings is 1. The van der Waals surface area contributed by atoms with E-state index in [-0.39, 0.29) is 29.3 Å². The molecule has 0 bridgehead atoms. The summed E-state index contributed by atoms with van der Waals surface area (Å²) in [6, 6.07) is 11.4. The number of halogens is 1. The zero-order chi connectivity index (χ0) is 31.4. The lowest BCUT2D eigenvalue weighted by molar-refractivity contribution is -0.145. The van der Waals surface area contributed by atoms with Crippen molar-refractivity contribution in [3.8, 4) is 5.75 Å². The van der Waals surface area contributed by atoms with Crippen molar-refractivity contribution in [1.29, 1.82) is 0 Å². The summed E-state index contributed by atoms with van der Waals surface area (Å²) in [6.07, 6.45) is -2.33. The molecule has 15 heteroatoms. The molecule has 5 rings (SSSR count). The van der Waals surface area contributed by atoms with Gasteiger partial charge in [-0.2, -0.15) is 5.09 Å². The molecule has 1 fully saturated rings. The Morgan fingerprint density at radius 3 is 2.80 bits per heavy atom. The number of aliphatic hydroxyl groups is 1. The molecule has 2 aromatic carbocycles. The number of anilines is 1. The molecule has 4 N–H and O–H groups in total. The number of hydrogen-bond acceptors (Lipinski definition) is 11. The lowest BCUT2D eigenvalue weighted by Crippen LogP contribution is -2.37. The number of esters is 1. The van der Waals surface area contributed by atoms with Gasteiger partial charge < -0.3 is 24.8 Å². The van der Waals surface area contributed by atoms with Crippen molar-refractivity contribution in [2.24, 2.45) is 0 Å². The van der Waals surface area contributed by atoms with Gasteiger partial charge in [0, 0.05) is 5.39 Å². The normalized spacial score (nSPS) is 22.2. The summed E-state index contributed by atoms with van der Waals surface area (Å²) in [7, 11) is -4.35. The van der Waals surface area contributed by atoms with Crippen molar-refractivity contribution in [2.45, 2.75) is 70.7 Å². The van der Waals surface area contributed by atoms with E-state index in [4.69, 9.17) is 24.3 Å². The Kier molecular flexibility index (Phi) is 9.76. The number of aromatic nitrogens is 4. The summed E-state index contributed by atoms with van der Waals surface area (Å²) in [5.74, 6) is 0.0574. The number of hydrogen-bond donors (Lipinski definition) is 3. The van der Waals surface area contributed by atoms with Crippen molar-refractivity contribution in [1.82, 2.24) is 24.6 Å². The van der Waals surface area contributed by atoms with Gasteiger partial charge in [-0.25, -0.2) is 23.9 Å². The Labute approximate surface area is 253 Å². The highest BCUT2D eigenvalue weighted by Crippen LogP contribution is 2.48. The molecule has 13 nitrogen and oxygen atoms in total. The molecule has 1 saturated heterocycles. The first-order valence-electron chi connectivity index (χ1n) is 14.4. The van der Waals surface area contributed by atoms with Gasteiger partial charge in [0.2, 0.25) is 0 Å². The quantitative estimate of drug-likeness (QED) is 0.108. The van der Waals surface area contributed by atoms with E-state index in [2.05, 4.69) is 20.0 Å². The number of unbranched alkanes of at least 4 members (excludes halogenated alkanes) is 2. The zero-order valence-corrected chi connectivity index (χ0v) is 25.5. The molecule has 1 aliphatic rings. The van der Waals surface area contributed by atoms with Crippen molar-refractivity contribution in [3.63, 3.8) is 0 Å². The van der Waals surface area contributed by atoms with Crippen LogP contribution in [0.4, 0.5) is 10.2 Å². The Morgan fingerprint density at radius 2 is 2.00 bits per heavy atom. The third kappa shape index (κ3) is 6.84. The molecule has 2 aromatic heterocycles. The summed E-state index contributed by atoms with van der Waals surface area (Å²) >= 11 is 0. The van der Waals surface area contributed by atoms with Crippen LogP contribution < -0.4 is 15.3 Å². The predicted molar refractivity (Wildman–Crippen MR) is 161 cm³/mol. The Morgan fingerprint density at radius 1 is 1.23 bits per heavy atom. The van der Waals surface area contributed by atoms with Gasteiger partial charge in [-0.1, -0.05) is 56.2 Å². The van der Waals surface area contributed by atoms with E-state index in [1.807, 2.05) is 25.1 Å². The highest BCUT2D eigenvalue weighted by molar-refractivity contribution is 7.52. The second-order valence-electron chi connectivity index (χ2n) is 10.6. The minimum atomic E-state index is -4.35. The van der Waals surface area contributed by atoms with Gasteiger partial charge in [-0.15, -0.1) is 0 Å². The predicted octanol–water partition coefficient (Wildman–Crippen LogP) is 4.38. The zero-order valence-electron chi connectivity index (χ0n) is 24.6. The number of nitrogens with one attached hydrogen (secondary N) is 1. The number of nitrogens with two attached hydrogens (primary N) is 1. The van der Waals surface area contributed by atoms with Crippen LogP contribution in [0.5, 0.6) is 5.75 Å². The number of aryl methyl sites for hydroxylation is 1. The van der Waals surface area contributed by atoms with Gasteiger partial charge in [-0.05, 0) is 31.7 Å². The Bertz CT molecular complexity index is 1670. The number of alkyl halides is 1. The van der Waals surface area contributed by atoms with Gasteiger partial charge in [0.25, 0.3) is 0 Å². The molecular formula is C29H36FN6O7P. The monoisotopic (exact) mass is 630 g/mol. The number of nitrogen functional groups attached to an aromatic ring is 1. The van der Waals surface area contributed by atoms with Crippen molar-refractivity contribution in [3.05, 3.63) is 54.6 Å². The van der Waals surface area contributed by atoms with Crippen molar-refractivity contribution < 1.29 is 37.4 Å². The first kappa shape index (κ1) is 31.7. The van der Waals surface area contributed by atoms with E-state index in [1.165, 1.54) is 17.8 Å². The van der Waals surface area contributed by atoms with Gasteiger partial charge in [-0.3, -0.25) is 13.9 Å². The molecule has 0 aliphatic carbocycles. The number of carbonyl (C=O) groups excluding carboxylic acids is 1. The van der Waals surface area contributed by atoms with Crippen LogP contribution in [-0.2, 0) is 23.4 Å². The van der Waals surface area contributed by atoms with E-state index in [0.29, 0.717) is 17.6 Å². The molecule has 2 unspecified atom stereocenters. The number of ether oxygens (including phenoxy) is 2. The second kappa shape index (κ2) is 13.5. The smallest absolute Gasteiger partial charge is 0.459 e. The molecule has 0 radical (unpaired) electrons. The fourth-order valence-corrected chi connectivity index (χ4v) is 6.43. The molecule has 4 aromatic rings. The van der Waals surface area contributed by atoms with Crippen LogP contribution >= 0.6 is 7.75 Å². The minimum absolute atomic E-state index is 0.121. The maximum atomic E-state index is 15.4. The maximum Gasteiger partial charge on any atom is 0.459 e. The standard InChI is InChI=1S/C29H36FN6O7P/c1-4-5-8-14-40-29(38)17(2)35-44(39,43-21-13-9-11-19-10-6-7-12-20(19)21)41-15-22-25(37)23(30)28(42-22)36-16-32-24-26(31)33-18(3)34-27(24)36/h6-7,9-13,16-17,22-23,25,28,37H,4-5,8,14-15H2,1-3H3,(H,35,39)(H2,31,33,34)/t17-,22+,23+,25?,28+,44?/m0/s1. The van der Waals surface area contributed by atoms with Gasteiger partial charge >= 0.3 is 13.7 Å². The van der Waals surface area contributed by atoms with E-state index in [9.17, 15) is 14.5 Å². The third-order valence-corrected chi connectivity index (χ3v) is 8.83. The summed E-state index contributed by atoms with van der Waals surface area (Å²) < 4.78 is 53.7. The third-order valence-electron chi connectivity index (χ3n) is 7.20. The van der Waals surface area contributed by atoms with Crippen LogP contribution in [-0.4, -0.2) is 68.2 Å². The van der Waals surface area contributed by atoms with Gasteiger partial charge in [0.1, 0.15) is 35.3 Å². The number of benzene rings is 2. The number of nitrogens with zero attached hydrogens (tertiary/aromatic N) is 4.